The minimum Gasteiger partial charge on any atom is -0.291 e. The number of H-pyrrole nitrogens is 1. The van der Waals surface area contributed by atoms with Crippen LogP contribution in [0, 0.1) is 23.1 Å². The van der Waals surface area contributed by atoms with Gasteiger partial charge >= 0.3 is 0 Å². The van der Waals surface area contributed by atoms with E-state index in [0.29, 0.717) is 40.5 Å². The molecule has 1 aromatic heterocycles. The molecule has 0 spiro atoms. The van der Waals surface area contributed by atoms with E-state index >= 15 is 4.39 Å². The average molecular weight is 517 g/mol. The molecule has 2 heterocycles. The van der Waals surface area contributed by atoms with E-state index < -0.39 is 17.4 Å². The topological polar surface area (TPSA) is 55.7 Å². The molecule has 7 heteroatoms. The molecule has 0 radical (unpaired) electrons. The van der Waals surface area contributed by atoms with Crippen LogP contribution in [0.5, 0.6) is 0 Å². The Kier molecular flexibility index (Phi) is 6.85. The summed E-state index contributed by atoms with van der Waals surface area (Å²) in [7, 11) is 0. The van der Waals surface area contributed by atoms with E-state index in [0.717, 1.165) is 11.1 Å². The van der Waals surface area contributed by atoms with Gasteiger partial charge in [-0.1, -0.05) is 35.9 Å². The first kappa shape index (κ1) is 25.1. The van der Waals surface area contributed by atoms with Gasteiger partial charge in [0.05, 0.1) is 17.3 Å². The number of benzene rings is 3. The lowest BCUT2D eigenvalue weighted by Crippen LogP contribution is -2.54. The van der Waals surface area contributed by atoms with Gasteiger partial charge in [0.15, 0.2) is 0 Å². The number of alkyl halides is 1. The zero-order chi connectivity index (χ0) is 26.2. The first-order valence-electron chi connectivity index (χ1n) is 12.2. The van der Waals surface area contributed by atoms with Crippen molar-refractivity contribution in [3.05, 3.63) is 112 Å². The Bertz CT molecular complexity index is 1420. The van der Waals surface area contributed by atoms with Gasteiger partial charge in [-0.3, -0.25) is 10.00 Å². The highest BCUT2D eigenvalue weighted by atomic mass is 35.5. The minimum atomic E-state index is -1.61. The summed E-state index contributed by atoms with van der Waals surface area (Å²) in [5.74, 6) is -1.09. The highest BCUT2D eigenvalue weighted by Gasteiger charge is 2.49. The average Bonchev–Trinajstić information content (AvgIpc) is 3.39. The number of likely N-dealkylation sites (tertiary alicyclic amines) is 1. The van der Waals surface area contributed by atoms with Crippen LogP contribution < -0.4 is 0 Å². The summed E-state index contributed by atoms with van der Waals surface area (Å²) >= 11 is 6.17. The van der Waals surface area contributed by atoms with E-state index in [-0.39, 0.29) is 12.0 Å². The molecule has 1 aliphatic heterocycles. The van der Waals surface area contributed by atoms with Crippen LogP contribution in [-0.2, 0) is 6.54 Å². The summed E-state index contributed by atoms with van der Waals surface area (Å²) in [5, 5.41) is 16.8. The summed E-state index contributed by atoms with van der Waals surface area (Å²) < 4.78 is 30.8. The van der Waals surface area contributed by atoms with Gasteiger partial charge in [-0.15, -0.1) is 0 Å². The quantitative estimate of drug-likeness (QED) is 0.277. The van der Waals surface area contributed by atoms with Crippen LogP contribution in [-0.4, -0.2) is 27.3 Å². The van der Waals surface area contributed by atoms with Crippen molar-refractivity contribution in [2.45, 2.75) is 38.0 Å². The lowest BCUT2D eigenvalue weighted by Gasteiger charge is -2.54. The second-order valence-electron chi connectivity index (χ2n) is 10.2. The van der Waals surface area contributed by atoms with Crippen molar-refractivity contribution >= 4 is 11.6 Å². The van der Waals surface area contributed by atoms with E-state index in [4.69, 9.17) is 11.6 Å². The number of nitriles is 1. The summed E-state index contributed by atoms with van der Waals surface area (Å²) in [4.78, 5) is 2.28. The van der Waals surface area contributed by atoms with Gasteiger partial charge in [0.2, 0.25) is 0 Å². The van der Waals surface area contributed by atoms with Crippen LogP contribution >= 0.6 is 11.6 Å². The van der Waals surface area contributed by atoms with Crippen molar-refractivity contribution in [3.63, 3.8) is 0 Å². The highest BCUT2D eigenvalue weighted by Crippen LogP contribution is 2.52. The number of aromatic amines is 1. The van der Waals surface area contributed by atoms with E-state index in [1.165, 1.54) is 12.1 Å². The molecule has 4 nitrogen and oxygen atoms in total. The number of halogens is 3. The summed E-state index contributed by atoms with van der Waals surface area (Å²) in [6.45, 7) is 4.37. The van der Waals surface area contributed by atoms with Crippen LogP contribution in [0.25, 0.3) is 11.3 Å². The largest absolute Gasteiger partial charge is 0.291 e. The Morgan fingerprint density at radius 3 is 2.59 bits per heavy atom. The molecule has 0 saturated carbocycles. The maximum atomic E-state index is 16.0. The van der Waals surface area contributed by atoms with Crippen LogP contribution in [0.15, 0.2) is 79.0 Å². The fourth-order valence-electron chi connectivity index (χ4n) is 5.68. The number of aromatic nitrogens is 2. The lowest BCUT2D eigenvalue weighted by molar-refractivity contribution is -0.0423. The Hall–Kier alpha value is -3.53. The predicted octanol–water partition coefficient (Wildman–Crippen LogP) is 7.45. The van der Waals surface area contributed by atoms with E-state index in [1.54, 1.807) is 32.2 Å². The van der Waals surface area contributed by atoms with Gasteiger partial charge in [0.25, 0.3) is 0 Å². The maximum Gasteiger partial charge on any atom is 0.124 e. The SMILES string of the molecule is CC(C)(F)[C@H](c1cc(F)cc(-c2ccn[nH]2)c1)[C@H]1CN(Cc2cccc(C#N)c2)[C@@H]1c1ccc(Cl)cc1. The molecule has 0 unspecified atom stereocenters. The highest BCUT2D eigenvalue weighted by molar-refractivity contribution is 6.30. The molecule has 3 atom stereocenters. The number of hydrogen-bond acceptors (Lipinski definition) is 3. The summed E-state index contributed by atoms with van der Waals surface area (Å²) in [6, 6.07) is 23.8. The summed E-state index contributed by atoms with van der Waals surface area (Å²) in [5.41, 5.74) is 2.96. The second kappa shape index (κ2) is 10.1. The van der Waals surface area contributed by atoms with E-state index in [9.17, 15) is 9.65 Å². The number of hydrogen-bond donors (Lipinski definition) is 1. The van der Waals surface area contributed by atoms with Crippen LogP contribution in [0.4, 0.5) is 8.78 Å². The van der Waals surface area contributed by atoms with Crippen LogP contribution in [0.2, 0.25) is 5.02 Å². The molecule has 4 aromatic rings. The van der Waals surface area contributed by atoms with Crippen molar-refractivity contribution in [1.29, 1.82) is 5.26 Å². The van der Waals surface area contributed by atoms with Gasteiger partial charge in [0, 0.05) is 47.8 Å². The first-order chi connectivity index (χ1) is 17.7. The minimum absolute atomic E-state index is 0.109. The maximum absolute atomic E-state index is 16.0. The molecule has 1 aliphatic rings. The third-order valence-electron chi connectivity index (χ3n) is 7.16. The zero-order valence-corrected chi connectivity index (χ0v) is 21.4. The van der Waals surface area contributed by atoms with Gasteiger partial charge in [-0.2, -0.15) is 10.4 Å². The Balaban J connectivity index is 1.54. The third-order valence-corrected chi connectivity index (χ3v) is 7.41. The number of rotatable bonds is 7. The van der Waals surface area contributed by atoms with Crippen molar-refractivity contribution in [2.24, 2.45) is 5.92 Å². The van der Waals surface area contributed by atoms with Gasteiger partial charge in [0.1, 0.15) is 11.5 Å². The molecule has 0 aliphatic carbocycles. The molecule has 0 bridgehead atoms. The van der Waals surface area contributed by atoms with Crippen molar-refractivity contribution in [3.8, 4) is 17.3 Å². The predicted molar refractivity (Wildman–Crippen MR) is 141 cm³/mol. The van der Waals surface area contributed by atoms with Gasteiger partial charge in [-0.25, -0.2) is 8.78 Å². The fourth-order valence-corrected chi connectivity index (χ4v) is 5.80. The first-order valence-corrected chi connectivity index (χ1v) is 12.6. The second-order valence-corrected chi connectivity index (χ2v) is 10.6. The lowest BCUT2D eigenvalue weighted by atomic mass is 9.67. The van der Waals surface area contributed by atoms with Crippen molar-refractivity contribution in [1.82, 2.24) is 15.1 Å². The van der Waals surface area contributed by atoms with Crippen LogP contribution in [0.3, 0.4) is 0 Å². The molecule has 37 heavy (non-hydrogen) atoms. The third kappa shape index (κ3) is 5.29. The standard InChI is InChI=1S/C30H27ClF2N4/c1-30(2,33)28(23-13-22(14-25(32)15-23)27-10-11-35-36-27)26-18-37(17-20-5-3-4-19(12-20)16-34)29(26)21-6-8-24(31)9-7-21/h3-15,26,28-29H,17-18H2,1-2H3,(H,35,36)/t26-,28-,29-/m1/s1. The van der Waals surface area contributed by atoms with Crippen molar-refractivity contribution < 1.29 is 8.78 Å². The molecule has 5 rings (SSSR count). The van der Waals surface area contributed by atoms with Gasteiger partial charge in [-0.05, 0) is 79.1 Å². The number of nitrogens with one attached hydrogen (secondary N) is 1. The monoisotopic (exact) mass is 516 g/mol. The molecular weight excluding hydrogens is 490 g/mol. The molecule has 1 saturated heterocycles. The van der Waals surface area contributed by atoms with E-state index in [2.05, 4.69) is 21.2 Å². The normalized spacial score (nSPS) is 18.7. The van der Waals surface area contributed by atoms with Gasteiger partial charge < -0.3 is 0 Å². The molecule has 3 aromatic carbocycles. The Morgan fingerprint density at radius 2 is 1.92 bits per heavy atom. The number of nitrogens with zero attached hydrogens (tertiary/aromatic N) is 3. The molecule has 0 amide bonds. The Labute approximate surface area is 220 Å². The fraction of sp³-hybridized carbons (Fsp3) is 0.267. The molecule has 188 valence electrons. The van der Waals surface area contributed by atoms with Crippen LogP contribution in [0.1, 0.15) is 48.1 Å². The molecule has 1 fully saturated rings. The Morgan fingerprint density at radius 1 is 1.14 bits per heavy atom. The molecule has 1 N–H and O–H groups in total. The van der Waals surface area contributed by atoms with Crippen molar-refractivity contribution in [2.75, 3.05) is 6.54 Å². The summed E-state index contributed by atoms with van der Waals surface area (Å²) in [6.07, 6.45) is 1.61. The zero-order valence-electron chi connectivity index (χ0n) is 20.6. The molecular formula is C30H27ClF2N4. The van der Waals surface area contributed by atoms with E-state index in [1.807, 2.05) is 48.5 Å². The smallest absolute Gasteiger partial charge is 0.124 e.